The molecule has 0 spiro atoms. The zero-order valence-electron chi connectivity index (χ0n) is 13.9. The lowest BCUT2D eigenvalue weighted by atomic mass is 10.1. The Morgan fingerprint density at radius 3 is 2.85 bits per heavy atom. The molecule has 2 aromatic rings. The van der Waals surface area contributed by atoms with Gasteiger partial charge < -0.3 is 14.6 Å². The number of carboxylic acid groups (broad SMARTS) is 1. The van der Waals surface area contributed by atoms with E-state index >= 15 is 0 Å². The van der Waals surface area contributed by atoms with Crippen LogP contribution in [0.2, 0.25) is 5.02 Å². The Labute approximate surface area is 159 Å². The first-order valence-corrected chi connectivity index (χ1v) is 9.25. The largest absolute Gasteiger partial charge is 0.496 e. The zero-order valence-corrected chi connectivity index (χ0v) is 15.4. The molecule has 0 bridgehead atoms. The maximum absolute atomic E-state index is 13.2. The molecule has 0 unspecified atom stereocenters. The van der Waals surface area contributed by atoms with Crippen LogP contribution in [-0.2, 0) is 11.4 Å². The van der Waals surface area contributed by atoms with Crippen molar-refractivity contribution in [1.29, 1.82) is 0 Å². The van der Waals surface area contributed by atoms with E-state index in [1.165, 1.54) is 30.0 Å². The van der Waals surface area contributed by atoms with E-state index in [1.54, 1.807) is 7.11 Å². The van der Waals surface area contributed by atoms with Gasteiger partial charge >= 0.3 is 5.97 Å². The standard InChI is InChI=1S/C18H17ClFNO4S/c1-24-16-5-2-10(17-21-15(9-26-17)18(22)23)6-11(16)8-25-12-3-4-14(20)13(19)7-12/h2-7,15,17,21H,8-9H2,1H3,(H,22,23)/t15-,17-/m0/s1. The van der Waals surface area contributed by atoms with Gasteiger partial charge in [-0.25, -0.2) is 4.39 Å². The molecular weight excluding hydrogens is 381 g/mol. The third kappa shape index (κ3) is 4.23. The summed E-state index contributed by atoms with van der Waals surface area (Å²) in [6.45, 7) is 0.207. The molecule has 138 valence electrons. The van der Waals surface area contributed by atoms with E-state index in [0.29, 0.717) is 17.3 Å². The van der Waals surface area contributed by atoms with Crippen molar-refractivity contribution in [2.45, 2.75) is 18.0 Å². The fraction of sp³-hybridized carbons (Fsp3) is 0.278. The summed E-state index contributed by atoms with van der Waals surface area (Å²) in [5.41, 5.74) is 1.74. The minimum absolute atomic E-state index is 0.00511. The van der Waals surface area contributed by atoms with Gasteiger partial charge in [0.05, 0.1) is 17.5 Å². The number of benzene rings is 2. The lowest BCUT2D eigenvalue weighted by molar-refractivity contribution is -0.138. The van der Waals surface area contributed by atoms with Crippen molar-refractivity contribution < 1.29 is 23.8 Å². The third-order valence-electron chi connectivity index (χ3n) is 3.97. The van der Waals surface area contributed by atoms with Gasteiger partial charge in [0, 0.05) is 17.4 Å². The van der Waals surface area contributed by atoms with Crippen LogP contribution in [0.15, 0.2) is 36.4 Å². The average molecular weight is 398 g/mol. The topological polar surface area (TPSA) is 67.8 Å². The first-order valence-electron chi connectivity index (χ1n) is 7.83. The summed E-state index contributed by atoms with van der Waals surface area (Å²) < 4.78 is 24.3. The van der Waals surface area contributed by atoms with E-state index in [9.17, 15) is 9.18 Å². The van der Waals surface area contributed by atoms with Gasteiger partial charge in [0.15, 0.2) is 0 Å². The number of rotatable bonds is 6. The number of hydrogen-bond donors (Lipinski definition) is 2. The van der Waals surface area contributed by atoms with E-state index in [2.05, 4.69) is 5.32 Å². The Bertz CT molecular complexity index is 820. The van der Waals surface area contributed by atoms with E-state index < -0.39 is 17.8 Å². The fourth-order valence-corrected chi connectivity index (χ4v) is 4.00. The monoisotopic (exact) mass is 397 g/mol. The molecule has 1 aliphatic heterocycles. The molecule has 0 aromatic heterocycles. The van der Waals surface area contributed by atoms with Gasteiger partial charge in [0.2, 0.25) is 0 Å². The Morgan fingerprint density at radius 2 is 2.19 bits per heavy atom. The SMILES string of the molecule is COc1ccc([C@H]2N[C@H](C(=O)O)CS2)cc1COc1ccc(F)c(Cl)c1. The molecule has 0 saturated carbocycles. The van der Waals surface area contributed by atoms with Crippen LogP contribution in [0.4, 0.5) is 4.39 Å². The van der Waals surface area contributed by atoms with Crippen LogP contribution >= 0.6 is 23.4 Å². The molecule has 1 heterocycles. The van der Waals surface area contributed by atoms with Crippen molar-refractivity contribution in [2.24, 2.45) is 0 Å². The highest BCUT2D eigenvalue weighted by atomic mass is 35.5. The normalized spacial score (nSPS) is 19.3. The van der Waals surface area contributed by atoms with Crippen LogP contribution in [0.25, 0.3) is 0 Å². The molecule has 0 amide bonds. The second-order valence-corrected chi connectivity index (χ2v) is 7.25. The molecule has 0 radical (unpaired) electrons. The Balaban J connectivity index is 1.75. The summed E-state index contributed by atoms with van der Waals surface area (Å²) in [6, 6.07) is 9.24. The number of carboxylic acids is 1. The van der Waals surface area contributed by atoms with Crippen molar-refractivity contribution in [3.8, 4) is 11.5 Å². The number of hydrogen-bond acceptors (Lipinski definition) is 5. The van der Waals surface area contributed by atoms with E-state index in [4.69, 9.17) is 26.2 Å². The summed E-state index contributed by atoms with van der Waals surface area (Å²) in [5, 5.41) is 12.1. The first kappa shape index (κ1) is 18.8. The summed E-state index contributed by atoms with van der Waals surface area (Å²) in [6.07, 6.45) is 0. The van der Waals surface area contributed by atoms with Crippen LogP contribution in [0.3, 0.4) is 0 Å². The minimum atomic E-state index is -0.856. The predicted molar refractivity (Wildman–Crippen MR) is 98.5 cm³/mol. The number of nitrogens with one attached hydrogen (secondary N) is 1. The molecule has 1 fully saturated rings. The Kier molecular flexibility index (Phi) is 5.90. The van der Waals surface area contributed by atoms with Crippen LogP contribution < -0.4 is 14.8 Å². The number of halogens is 2. The second kappa shape index (κ2) is 8.16. The van der Waals surface area contributed by atoms with Gasteiger partial charge in [-0.05, 0) is 29.8 Å². The molecule has 0 aliphatic carbocycles. The number of methoxy groups -OCH3 is 1. The number of aliphatic carboxylic acids is 1. The van der Waals surface area contributed by atoms with E-state index in [-0.39, 0.29) is 17.0 Å². The van der Waals surface area contributed by atoms with Crippen molar-refractivity contribution in [3.63, 3.8) is 0 Å². The molecule has 2 N–H and O–H groups in total. The Hall–Kier alpha value is -1.96. The van der Waals surface area contributed by atoms with Gasteiger partial charge in [-0.1, -0.05) is 17.7 Å². The highest BCUT2D eigenvalue weighted by Gasteiger charge is 2.30. The summed E-state index contributed by atoms with van der Waals surface area (Å²) in [7, 11) is 1.57. The van der Waals surface area contributed by atoms with Gasteiger partial charge in [-0.3, -0.25) is 10.1 Å². The van der Waals surface area contributed by atoms with Crippen LogP contribution in [0, 0.1) is 5.82 Å². The van der Waals surface area contributed by atoms with Gasteiger partial charge in [0.25, 0.3) is 0 Å². The van der Waals surface area contributed by atoms with Crippen molar-refractivity contribution in [1.82, 2.24) is 5.32 Å². The molecule has 2 atom stereocenters. The molecule has 2 aromatic carbocycles. The highest BCUT2D eigenvalue weighted by molar-refractivity contribution is 7.99. The molecule has 3 rings (SSSR count). The minimum Gasteiger partial charge on any atom is -0.496 e. The lowest BCUT2D eigenvalue weighted by Crippen LogP contribution is -2.33. The number of thioether (sulfide) groups is 1. The van der Waals surface area contributed by atoms with Crippen LogP contribution in [-0.4, -0.2) is 30.0 Å². The van der Waals surface area contributed by atoms with Gasteiger partial charge in [0.1, 0.15) is 30.0 Å². The molecule has 26 heavy (non-hydrogen) atoms. The van der Waals surface area contributed by atoms with Gasteiger partial charge in [-0.2, -0.15) is 0 Å². The molecule has 1 saturated heterocycles. The highest BCUT2D eigenvalue weighted by Crippen LogP contribution is 2.35. The maximum Gasteiger partial charge on any atom is 0.321 e. The number of carbonyl (C=O) groups is 1. The van der Waals surface area contributed by atoms with E-state index in [0.717, 1.165) is 11.1 Å². The van der Waals surface area contributed by atoms with Crippen molar-refractivity contribution in [3.05, 3.63) is 58.4 Å². The smallest absolute Gasteiger partial charge is 0.321 e. The summed E-state index contributed by atoms with van der Waals surface area (Å²) in [5.74, 6) is 0.246. The van der Waals surface area contributed by atoms with Crippen LogP contribution in [0.1, 0.15) is 16.5 Å². The molecule has 8 heteroatoms. The first-order chi connectivity index (χ1) is 12.5. The summed E-state index contributed by atoms with van der Waals surface area (Å²) in [4.78, 5) is 11.1. The van der Waals surface area contributed by atoms with E-state index in [1.807, 2.05) is 18.2 Å². The van der Waals surface area contributed by atoms with Crippen LogP contribution in [0.5, 0.6) is 11.5 Å². The maximum atomic E-state index is 13.2. The average Bonchev–Trinajstić information content (AvgIpc) is 3.13. The second-order valence-electron chi connectivity index (χ2n) is 5.71. The Morgan fingerprint density at radius 1 is 1.38 bits per heavy atom. The van der Waals surface area contributed by atoms with Gasteiger partial charge in [-0.15, -0.1) is 11.8 Å². The summed E-state index contributed by atoms with van der Waals surface area (Å²) >= 11 is 7.31. The predicted octanol–water partition coefficient (Wildman–Crippen LogP) is 3.85. The zero-order chi connectivity index (χ0) is 18.7. The lowest BCUT2D eigenvalue weighted by Gasteiger charge is -2.16. The molecule has 5 nitrogen and oxygen atoms in total. The van der Waals surface area contributed by atoms with Crippen molar-refractivity contribution >= 4 is 29.3 Å². The third-order valence-corrected chi connectivity index (χ3v) is 5.53. The molecular formula is C18H17ClFNO4S. The quantitative estimate of drug-likeness (QED) is 0.771. The number of ether oxygens (including phenoxy) is 2. The fourth-order valence-electron chi connectivity index (χ4n) is 2.61. The van der Waals surface area contributed by atoms with Crippen molar-refractivity contribution in [2.75, 3.05) is 12.9 Å². The molecule has 1 aliphatic rings.